The summed E-state index contributed by atoms with van der Waals surface area (Å²) in [5.74, 6) is 0.854. The first-order chi connectivity index (χ1) is 9.13. The molecule has 1 aromatic carbocycles. The van der Waals surface area contributed by atoms with Crippen LogP contribution in [0.4, 0.5) is 0 Å². The summed E-state index contributed by atoms with van der Waals surface area (Å²) in [6, 6.07) is 7.94. The predicted octanol–water partition coefficient (Wildman–Crippen LogP) is 4.13. The molecule has 2 heterocycles. The van der Waals surface area contributed by atoms with Crippen LogP contribution in [-0.4, -0.2) is 4.98 Å². The van der Waals surface area contributed by atoms with Crippen molar-refractivity contribution in [2.45, 2.75) is 18.6 Å². The van der Waals surface area contributed by atoms with Gasteiger partial charge in [0.15, 0.2) is 0 Å². The average molecular weight is 384 g/mol. The van der Waals surface area contributed by atoms with Crippen molar-refractivity contribution in [3.05, 3.63) is 56.7 Å². The van der Waals surface area contributed by atoms with Crippen LogP contribution in [0.5, 0.6) is 5.75 Å². The summed E-state index contributed by atoms with van der Waals surface area (Å²) < 4.78 is 8.01. The highest BCUT2D eigenvalue weighted by molar-refractivity contribution is 9.10. The lowest BCUT2D eigenvalue weighted by atomic mass is 9.94. The van der Waals surface area contributed by atoms with Crippen molar-refractivity contribution >= 4 is 31.9 Å². The standard InChI is InChI=1S/C14H12Br2N2O/c15-9-1-2-13-11(4-9)12(17)5-14(19-13)8-3-10(16)7-18-6-8/h1-4,6-7,12,14H,5,17H2. The molecule has 98 valence electrons. The van der Waals surface area contributed by atoms with Crippen LogP contribution in [0.1, 0.15) is 29.7 Å². The molecule has 3 nitrogen and oxygen atoms in total. The van der Waals surface area contributed by atoms with Crippen LogP contribution in [0.15, 0.2) is 45.6 Å². The highest BCUT2D eigenvalue weighted by atomic mass is 79.9. The van der Waals surface area contributed by atoms with Gasteiger partial charge in [-0.05, 0) is 40.2 Å². The topological polar surface area (TPSA) is 48.1 Å². The molecule has 2 unspecified atom stereocenters. The summed E-state index contributed by atoms with van der Waals surface area (Å²) in [6.45, 7) is 0. The molecule has 0 fully saturated rings. The fraction of sp³-hybridized carbons (Fsp3) is 0.214. The third-order valence-corrected chi connectivity index (χ3v) is 4.13. The summed E-state index contributed by atoms with van der Waals surface area (Å²) in [5.41, 5.74) is 8.34. The zero-order chi connectivity index (χ0) is 13.4. The summed E-state index contributed by atoms with van der Waals surface area (Å²) in [4.78, 5) is 4.18. The molecule has 0 saturated heterocycles. The van der Waals surface area contributed by atoms with Crippen LogP contribution in [-0.2, 0) is 0 Å². The summed E-state index contributed by atoms with van der Waals surface area (Å²) in [7, 11) is 0. The van der Waals surface area contributed by atoms with Gasteiger partial charge < -0.3 is 10.5 Å². The number of nitrogens with two attached hydrogens (primary N) is 1. The minimum atomic E-state index is -0.0475. The Kier molecular flexibility index (Phi) is 3.60. The number of halogens is 2. The fourth-order valence-electron chi connectivity index (χ4n) is 2.28. The van der Waals surface area contributed by atoms with E-state index in [4.69, 9.17) is 10.5 Å². The number of hydrogen-bond donors (Lipinski definition) is 1. The minimum Gasteiger partial charge on any atom is -0.485 e. The molecule has 1 aliphatic rings. The van der Waals surface area contributed by atoms with Crippen molar-refractivity contribution in [2.75, 3.05) is 0 Å². The Bertz CT molecular complexity index is 618. The number of ether oxygens (including phenoxy) is 1. The smallest absolute Gasteiger partial charge is 0.127 e. The summed E-state index contributed by atoms with van der Waals surface area (Å²) >= 11 is 6.89. The predicted molar refractivity (Wildman–Crippen MR) is 81.0 cm³/mol. The minimum absolute atomic E-state index is 0.0229. The molecule has 0 amide bonds. The Labute approximate surface area is 128 Å². The van der Waals surface area contributed by atoms with Gasteiger partial charge in [-0.3, -0.25) is 4.98 Å². The van der Waals surface area contributed by atoms with E-state index in [0.29, 0.717) is 0 Å². The highest BCUT2D eigenvalue weighted by Crippen LogP contribution is 2.40. The monoisotopic (exact) mass is 382 g/mol. The van der Waals surface area contributed by atoms with Crippen LogP contribution < -0.4 is 10.5 Å². The first kappa shape index (κ1) is 13.1. The zero-order valence-corrected chi connectivity index (χ0v) is 13.2. The van der Waals surface area contributed by atoms with Gasteiger partial charge in [0.05, 0.1) is 0 Å². The van der Waals surface area contributed by atoms with E-state index in [1.54, 1.807) is 6.20 Å². The van der Waals surface area contributed by atoms with Crippen LogP contribution in [0, 0.1) is 0 Å². The molecule has 19 heavy (non-hydrogen) atoms. The van der Waals surface area contributed by atoms with Gasteiger partial charge in [-0.15, -0.1) is 0 Å². The Morgan fingerprint density at radius 1 is 1.16 bits per heavy atom. The van der Waals surface area contributed by atoms with Crippen LogP contribution in [0.3, 0.4) is 0 Å². The molecule has 2 N–H and O–H groups in total. The van der Waals surface area contributed by atoms with Crippen molar-refractivity contribution < 1.29 is 4.74 Å². The molecule has 0 bridgehead atoms. The number of pyridine rings is 1. The molecule has 2 aromatic rings. The molecule has 0 radical (unpaired) electrons. The van der Waals surface area contributed by atoms with Gasteiger partial charge >= 0.3 is 0 Å². The maximum atomic E-state index is 6.25. The second kappa shape index (κ2) is 5.23. The molecule has 0 spiro atoms. The lowest BCUT2D eigenvalue weighted by Gasteiger charge is -2.30. The Hall–Kier alpha value is -0.910. The average Bonchev–Trinajstić information content (AvgIpc) is 2.39. The number of fused-ring (bicyclic) bond motifs is 1. The second-order valence-corrected chi connectivity index (χ2v) is 6.40. The molecule has 3 rings (SSSR count). The molecule has 0 aliphatic carbocycles. The van der Waals surface area contributed by atoms with Gasteiger partial charge in [-0.1, -0.05) is 15.9 Å². The molecule has 1 aromatic heterocycles. The lowest BCUT2D eigenvalue weighted by Crippen LogP contribution is -2.24. The zero-order valence-electron chi connectivity index (χ0n) is 10.0. The van der Waals surface area contributed by atoms with E-state index in [-0.39, 0.29) is 12.1 Å². The first-order valence-electron chi connectivity index (χ1n) is 5.95. The van der Waals surface area contributed by atoms with E-state index in [2.05, 4.69) is 36.8 Å². The van der Waals surface area contributed by atoms with Crippen molar-refractivity contribution in [2.24, 2.45) is 5.73 Å². The maximum absolute atomic E-state index is 6.25. The molecule has 5 heteroatoms. The number of benzene rings is 1. The molecule has 2 atom stereocenters. The van der Waals surface area contributed by atoms with E-state index in [1.165, 1.54) is 0 Å². The molecule has 1 aliphatic heterocycles. The van der Waals surface area contributed by atoms with Gasteiger partial charge in [0, 0.05) is 44.9 Å². The Balaban J connectivity index is 1.95. The molecular formula is C14H12Br2N2O. The normalized spacial score (nSPS) is 21.6. The van der Waals surface area contributed by atoms with Crippen molar-refractivity contribution in [1.82, 2.24) is 4.98 Å². The van der Waals surface area contributed by atoms with Gasteiger partial charge in [0.25, 0.3) is 0 Å². The lowest BCUT2D eigenvalue weighted by molar-refractivity contribution is 0.161. The van der Waals surface area contributed by atoms with E-state index < -0.39 is 0 Å². The number of hydrogen-bond acceptors (Lipinski definition) is 3. The van der Waals surface area contributed by atoms with Crippen LogP contribution >= 0.6 is 31.9 Å². The number of aromatic nitrogens is 1. The molecule has 0 saturated carbocycles. The van der Waals surface area contributed by atoms with Gasteiger partial charge in [0.2, 0.25) is 0 Å². The quantitative estimate of drug-likeness (QED) is 0.805. The first-order valence-corrected chi connectivity index (χ1v) is 7.54. The number of nitrogens with zero attached hydrogens (tertiary/aromatic N) is 1. The largest absolute Gasteiger partial charge is 0.485 e. The van der Waals surface area contributed by atoms with Crippen LogP contribution in [0.25, 0.3) is 0 Å². The van der Waals surface area contributed by atoms with E-state index in [0.717, 1.165) is 32.2 Å². The van der Waals surface area contributed by atoms with Crippen molar-refractivity contribution in [3.8, 4) is 5.75 Å². The van der Waals surface area contributed by atoms with E-state index in [9.17, 15) is 0 Å². The molecular weight excluding hydrogens is 372 g/mol. The summed E-state index contributed by atoms with van der Waals surface area (Å²) in [6.07, 6.45) is 4.29. The second-order valence-electron chi connectivity index (χ2n) is 4.57. The van der Waals surface area contributed by atoms with E-state index >= 15 is 0 Å². The van der Waals surface area contributed by atoms with Gasteiger partial charge in [-0.2, -0.15) is 0 Å². The third-order valence-electron chi connectivity index (χ3n) is 3.21. The highest BCUT2D eigenvalue weighted by Gasteiger charge is 2.27. The Morgan fingerprint density at radius 2 is 2.00 bits per heavy atom. The van der Waals surface area contributed by atoms with Gasteiger partial charge in [0.1, 0.15) is 11.9 Å². The third kappa shape index (κ3) is 2.68. The maximum Gasteiger partial charge on any atom is 0.127 e. The van der Waals surface area contributed by atoms with E-state index in [1.807, 2.05) is 30.5 Å². The fourth-order valence-corrected chi connectivity index (χ4v) is 3.05. The van der Waals surface area contributed by atoms with Crippen LogP contribution in [0.2, 0.25) is 0 Å². The van der Waals surface area contributed by atoms with Crippen molar-refractivity contribution in [3.63, 3.8) is 0 Å². The van der Waals surface area contributed by atoms with Crippen molar-refractivity contribution in [1.29, 1.82) is 0 Å². The summed E-state index contributed by atoms with van der Waals surface area (Å²) in [5, 5.41) is 0. The van der Waals surface area contributed by atoms with Gasteiger partial charge in [-0.25, -0.2) is 0 Å². The Morgan fingerprint density at radius 3 is 2.79 bits per heavy atom. The SMILES string of the molecule is NC1CC(c2cncc(Br)c2)Oc2ccc(Br)cc21. The number of rotatable bonds is 1.